The number of aryl methyl sites for hydroxylation is 2. The highest BCUT2D eigenvalue weighted by Gasteiger charge is 2.20. The average molecular weight is 321 g/mol. The van der Waals surface area contributed by atoms with Gasteiger partial charge in [-0.3, -0.25) is 0 Å². The van der Waals surface area contributed by atoms with E-state index in [1.807, 2.05) is 24.1 Å². The molecule has 3 aromatic rings. The highest BCUT2D eigenvalue weighted by atomic mass is 32.2. The van der Waals surface area contributed by atoms with E-state index in [9.17, 15) is 0 Å². The summed E-state index contributed by atoms with van der Waals surface area (Å²) in [4.78, 5) is 4.91. The number of aromatic nitrogens is 1. The molecule has 4 rings (SSSR count). The molecule has 0 fully saturated rings. The van der Waals surface area contributed by atoms with Crippen molar-refractivity contribution in [2.45, 2.75) is 25.2 Å². The summed E-state index contributed by atoms with van der Waals surface area (Å²) < 4.78 is 5.99. The summed E-state index contributed by atoms with van der Waals surface area (Å²) in [5.74, 6) is 2.02. The van der Waals surface area contributed by atoms with Crippen LogP contribution in [0, 0.1) is 13.8 Å². The minimum Gasteiger partial charge on any atom is -0.464 e. The first-order chi connectivity index (χ1) is 11.2. The second-order valence-corrected chi connectivity index (χ2v) is 7.11. The minimum atomic E-state index is 0.930. The van der Waals surface area contributed by atoms with Crippen molar-refractivity contribution in [2.24, 2.45) is 0 Å². The molecule has 0 amide bonds. The van der Waals surface area contributed by atoms with Crippen molar-refractivity contribution in [3.63, 3.8) is 0 Å². The van der Waals surface area contributed by atoms with Crippen LogP contribution < -0.4 is 4.74 Å². The molecule has 0 bridgehead atoms. The molecule has 1 N–H and O–H groups in total. The molecule has 0 spiro atoms. The Bertz CT molecular complexity index is 907. The van der Waals surface area contributed by atoms with Crippen LogP contribution in [0.3, 0.4) is 0 Å². The summed E-state index contributed by atoms with van der Waals surface area (Å²) in [6.07, 6.45) is 2.95. The first-order valence-electron chi connectivity index (χ1n) is 7.89. The monoisotopic (exact) mass is 321 g/mol. The minimum absolute atomic E-state index is 0.930. The maximum Gasteiger partial charge on any atom is 0.129 e. The van der Waals surface area contributed by atoms with Gasteiger partial charge in [0.05, 0.1) is 12.0 Å². The summed E-state index contributed by atoms with van der Waals surface area (Å²) >= 11 is 1.93. The van der Waals surface area contributed by atoms with E-state index < -0.39 is 0 Å². The van der Waals surface area contributed by atoms with Crippen LogP contribution in [0.5, 0.6) is 5.75 Å². The summed E-state index contributed by atoms with van der Waals surface area (Å²) in [6, 6.07) is 14.8. The van der Waals surface area contributed by atoms with E-state index >= 15 is 0 Å². The third kappa shape index (κ3) is 2.66. The van der Waals surface area contributed by atoms with Crippen molar-refractivity contribution in [1.29, 1.82) is 0 Å². The van der Waals surface area contributed by atoms with Crippen molar-refractivity contribution in [1.82, 2.24) is 4.98 Å². The van der Waals surface area contributed by atoms with Gasteiger partial charge < -0.3 is 9.72 Å². The molecule has 2 aromatic carbocycles. The summed E-state index contributed by atoms with van der Waals surface area (Å²) in [6.45, 7) is 4.19. The Kier molecular flexibility index (Phi) is 3.66. The number of allylic oxidation sites excluding steroid dienone is 1. The number of ether oxygens (including phenoxy) is 1. The fraction of sp³-hybridized carbons (Fsp3) is 0.200. The number of thioether (sulfide) groups is 1. The number of hydrogen-bond donors (Lipinski definition) is 1. The van der Waals surface area contributed by atoms with Gasteiger partial charge in [0, 0.05) is 27.1 Å². The molecule has 0 radical (unpaired) electrons. The van der Waals surface area contributed by atoms with E-state index in [-0.39, 0.29) is 0 Å². The fourth-order valence-electron chi connectivity index (χ4n) is 3.06. The topological polar surface area (TPSA) is 25.0 Å². The molecule has 0 saturated carbocycles. The lowest BCUT2D eigenvalue weighted by molar-refractivity contribution is 0.477. The lowest BCUT2D eigenvalue weighted by Gasteiger charge is -2.15. The SMILES string of the molecule is Cc1ccc(O/C=C2\CCSc3c2[nH]c2ccccc32)c(C)c1. The van der Waals surface area contributed by atoms with Crippen LogP contribution in [0.15, 0.2) is 53.6 Å². The maximum absolute atomic E-state index is 5.99. The van der Waals surface area contributed by atoms with Gasteiger partial charge in [-0.25, -0.2) is 0 Å². The summed E-state index contributed by atoms with van der Waals surface area (Å²) in [5.41, 5.74) is 6.09. The number of aromatic amines is 1. The second-order valence-electron chi connectivity index (χ2n) is 6.00. The molecule has 1 aromatic heterocycles. The Labute approximate surface area is 140 Å². The molecule has 116 valence electrons. The number of benzene rings is 2. The first kappa shape index (κ1) is 14.5. The van der Waals surface area contributed by atoms with Gasteiger partial charge in [-0.15, -0.1) is 11.8 Å². The number of para-hydroxylation sites is 1. The molecule has 1 aliphatic heterocycles. The third-order valence-electron chi connectivity index (χ3n) is 4.26. The van der Waals surface area contributed by atoms with E-state index in [4.69, 9.17) is 4.74 Å². The zero-order valence-corrected chi connectivity index (χ0v) is 14.2. The van der Waals surface area contributed by atoms with Crippen molar-refractivity contribution in [3.05, 3.63) is 65.5 Å². The van der Waals surface area contributed by atoms with E-state index in [0.717, 1.165) is 17.9 Å². The van der Waals surface area contributed by atoms with E-state index in [1.54, 1.807) is 0 Å². The van der Waals surface area contributed by atoms with Crippen LogP contribution in [0.2, 0.25) is 0 Å². The van der Waals surface area contributed by atoms with E-state index in [1.165, 1.54) is 38.2 Å². The molecule has 3 heteroatoms. The Morgan fingerprint density at radius 2 is 2.00 bits per heavy atom. The highest BCUT2D eigenvalue weighted by molar-refractivity contribution is 7.99. The van der Waals surface area contributed by atoms with Gasteiger partial charge in [0.2, 0.25) is 0 Å². The zero-order chi connectivity index (χ0) is 15.8. The predicted octanol–water partition coefficient (Wildman–Crippen LogP) is 5.70. The van der Waals surface area contributed by atoms with Crippen molar-refractivity contribution in [2.75, 3.05) is 5.75 Å². The van der Waals surface area contributed by atoms with Gasteiger partial charge in [-0.05, 0) is 38.0 Å². The molecule has 0 saturated heterocycles. The quantitative estimate of drug-likeness (QED) is 0.612. The Balaban J connectivity index is 1.71. The van der Waals surface area contributed by atoms with Crippen LogP contribution >= 0.6 is 11.8 Å². The fourth-order valence-corrected chi connectivity index (χ4v) is 4.25. The number of H-pyrrole nitrogens is 1. The van der Waals surface area contributed by atoms with Crippen LogP contribution in [-0.4, -0.2) is 10.7 Å². The molecule has 23 heavy (non-hydrogen) atoms. The molecule has 0 aliphatic carbocycles. The lowest BCUT2D eigenvalue weighted by Crippen LogP contribution is -1.99. The van der Waals surface area contributed by atoms with E-state index in [0.29, 0.717) is 0 Å². The van der Waals surface area contributed by atoms with Crippen molar-refractivity contribution < 1.29 is 4.74 Å². The van der Waals surface area contributed by atoms with Gasteiger partial charge in [0.25, 0.3) is 0 Å². The third-order valence-corrected chi connectivity index (χ3v) is 5.38. The Morgan fingerprint density at radius 3 is 2.87 bits per heavy atom. The smallest absolute Gasteiger partial charge is 0.129 e. The first-order valence-corrected chi connectivity index (χ1v) is 8.88. The molecule has 2 heterocycles. The largest absolute Gasteiger partial charge is 0.464 e. The molecular weight excluding hydrogens is 302 g/mol. The molecule has 0 atom stereocenters. The number of nitrogens with one attached hydrogen (secondary N) is 1. The predicted molar refractivity (Wildman–Crippen MR) is 98.2 cm³/mol. The maximum atomic E-state index is 5.99. The van der Waals surface area contributed by atoms with Crippen molar-refractivity contribution in [3.8, 4) is 5.75 Å². The molecule has 0 unspecified atom stereocenters. The zero-order valence-electron chi connectivity index (χ0n) is 13.3. The van der Waals surface area contributed by atoms with Gasteiger partial charge >= 0.3 is 0 Å². The summed E-state index contributed by atoms with van der Waals surface area (Å²) in [7, 11) is 0. The standard InChI is InChI=1S/C20H19NOS/c1-13-7-8-18(14(2)11-13)22-12-15-9-10-23-20-16-5-3-4-6-17(16)21-19(15)20/h3-8,11-12,21H,9-10H2,1-2H3/b15-12+. The van der Waals surface area contributed by atoms with Gasteiger partial charge in [-0.2, -0.15) is 0 Å². The molecular formula is C20H19NOS. The van der Waals surface area contributed by atoms with Crippen molar-refractivity contribution >= 4 is 28.2 Å². The summed E-state index contributed by atoms with van der Waals surface area (Å²) in [5, 5.41) is 1.31. The molecule has 2 nitrogen and oxygen atoms in total. The Hall–Kier alpha value is -2.13. The Morgan fingerprint density at radius 1 is 1.13 bits per heavy atom. The van der Waals surface area contributed by atoms with Crippen LogP contribution in [-0.2, 0) is 0 Å². The number of rotatable bonds is 2. The number of hydrogen-bond acceptors (Lipinski definition) is 2. The van der Waals surface area contributed by atoms with Crippen LogP contribution in [0.1, 0.15) is 23.2 Å². The van der Waals surface area contributed by atoms with Gasteiger partial charge in [-0.1, -0.05) is 35.9 Å². The normalized spacial score (nSPS) is 15.8. The molecule has 1 aliphatic rings. The van der Waals surface area contributed by atoms with Gasteiger partial charge in [0.15, 0.2) is 0 Å². The van der Waals surface area contributed by atoms with Gasteiger partial charge in [0.1, 0.15) is 5.75 Å². The number of fused-ring (bicyclic) bond motifs is 3. The van der Waals surface area contributed by atoms with E-state index in [2.05, 4.69) is 55.2 Å². The van der Waals surface area contributed by atoms with Crippen LogP contribution in [0.4, 0.5) is 0 Å². The van der Waals surface area contributed by atoms with Crippen LogP contribution in [0.25, 0.3) is 16.5 Å². The average Bonchev–Trinajstić information content (AvgIpc) is 2.93. The highest BCUT2D eigenvalue weighted by Crippen LogP contribution is 2.41. The second kappa shape index (κ2) is 5.82. The lowest BCUT2D eigenvalue weighted by atomic mass is 10.1.